The minimum atomic E-state index is -4.34. The first kappa shape index (κ1) is 12.0. The highest BCUT2D eigenvalue weighted by molar-refractivity contribution is 5.25. The van der Waals surface area contributed by atoms with E-state index >= 15 is 0 Å². The second-order valence-corrected chi connectivity index (χ2v) is 3.21. The smallest absolute Gasteiger partial charge is 0.388 e. The van der Waals surface area contributed by atoms with Crippen LogP contribution in [0.25, 0.3) is 0 Å². The fourth-order valence-corrected chi connectivity index (χ4v) is 1.22. The number of alkyl halides is 3. The minimum Gasteiger partial charge on any atom is -0.388 e. The molecule has 0 saturated heterocycles. The Kier molecular flexibility index (Phi) is 3.71. The molecule has 0 radical (unpaired) electrons. The average molecular weight is 219 g/mol. The van der Waals surface area contributed by atoms with E-state index in [-0.39, 0.29) is 0 Å². The van der Waals surface area contributed by atoms with Gasteiger partial charge in [0.25, 0.3) is 0 Å². The summed E-state index contributed by atoms with van der Waals surface area (Å²) in [5.41, 5.74) is 4.96. The molecule has 0 heterocycles. The number of aliphatic hydroxyl groups excluding tert-OH is 1. The molecular weight excluding hydrogens is 207 g/mol. The standard InChI is InChI=1S/C10H12F3NO/c11-10(12,13)8-3-1-7(2-4-8)9(15)5-6-14/h1-4,9,15H,5-6,14H2/t9-/m1/s1. The second kappa shape index (κ2) is 4.63. The molecule has 1 aromatic rings. The zero-order valence-electron chi connectivity index (χ0n) is 7.96. The van der Waals surface area contributed by atoms with Crippen LogP contribution >= 0.6 is 0 Å². The molecule has 0 aliphatic rings. The number of rotatable bonds is 3. The highest BCUT2D eigenvalue weighted by atomic mass is 19.4. The van der Waals surface area contributed by atoms with Gasteiger partial charge in [0.15, 0.2) is 0 Å². The number of nitrogens with two attached hydrogens (primary N) is 1. The number of benzene rings is 1. The van der Waals surface area contributed by atoms with Crippen LogP contribution in [0.3, 0.4) is 0 Å². The van der Waals surface area contributed by atoms with Crippen molar-refractivity contribution in [2.24, 2.45) is 5.73 Å². The summed E-state index contributed by atoms with van der Waals surface area (Å²) in [5, 5.41) is 9.45. The lowest BCUT2D eigenvalue weighted by atomic mass is 10.0. The van der Waals surface area contributed by atoms with Gasteiger partial charge in [0.2, 0.25) is 0 Å². The molecule has 0 aromatic heterocycles. The van der Waals surface area contributed by atoms with E-state index in [1.54, 1.807) is 0 Å². The summed E-state index contributed by atoms with van der Waals surface area (Å²) < 4.78 is 36.6. The van der Waals surface area contributed by atoms with Crippen molar-refractivity contribution in [1.29, 1.82) is 0 Å². The maximum Gasteiger partial charge on any atom is 0.416 e. The molecular formula is C10H12F3NO. The first-order valence-corrected chi connectivity index (χ1v) is 4.50. The Morgan fingerprint density at radius 2 is 1.73 bits per heavy atom. The topological polar surface area (TPSA) is 46.2 Å². The van der Waals surface area contributed by atoms with Crippen LogP contribution in [-0.2, 0) is 6.18 Å². The summed E-state index contributed by atoms with van der Waals surface area (Å²) in [6.45, 7) is 0.294. The zero-order valence-corrected chi connectivity index (χ0v) is 7.96. The van der Waals surface area contributed by atoms with Crippen molar-refractivity contribution in [2.75, 3.05) is 6.54 Å². The Bertz CT molecular complexity index is 307. The fourth-order valence-electron chi connectivity index (χ4n) is 1.22. The Labute approximate surface area is 85.5 Å². The van der Waals surface area contributed by atoms with Crippen molar-refractivity contribution < 1.29 is 18.3 Å². The molecule has 5 heteroatoms. The number of hydrogen-bond acceptors (Lipinski definition) is 2. The lowest BCUT2D eigenvalue weighted by Crippen LogP contribution is -2.08. The van der Waals surface area contributed by atoms with Crippen LogP contribution in [-0.4, -0.2) is 11.7 Å². The van der Waals surface area contributed by atoms with E-state index in [1.807, 2.05) is 0 Å². The van der Waals surface area contributed by atoms with Crippen LogP contribution in [0.15, 0.2) is 24.3 Å². The number of aliphatic hydroxyl groups is 1. The monoisotopic (exact) mass is 219 g/mol. The molecule has 0 aliphatic heterocycles. The first-order valence-electron chi connectivity index (χ1n) is 4.50. The molecule has 3 N–H and O–H groups in total. The summed E-state index contributed by atoms with van der Waals surface area (Å²) >= 11 is 0. The SMILES string of the molecule is NCC[C@@H](O)c1ccc(C(F)(F)F)cc1. The van der Waals surface area contributed by atoms with Crippen molar-refractivity contribution in [2.45, 2.75) is 18.7 Å². The molecule has 84 valence electrons. The fraction of sp³-hybridized carbons (Fsp3) is 0.400. The molecule has 15 heavy (non-hydrogen) atoms. The van der Waals surface area contributed by atoms with Crippen LogP contribution in [0.5, 0.6) is 0 Å². The van der Waals surface area contributed by atoms with Gasteiger partial charge in [0, 0.05) is 0 Å². The third kappa shape index (κ3) is 3.21. The molecule has 0 unspecified atom stereocenters. The van der Waals surface area contributed by atoms with E-state index in [0.29, 0.717) is 18.5 Å². The molecule has 2 nitrogen and oxygen atoms in total. The second-order valence-electron chi connectivity index (χ2n) is 3.21. The van der Waals surface area contributed by atoms with Crippen LogP contribution < -0.4 is 5.73 Å². The quantitative estimate of drug-likeness (QED) is 0.817. The van der Waals surface area contributed by atoms with E-state index in [4.69, 9.17) is 5.73 Å². The van der Waals surface area contributed by atoms with Crippen LogP contribution in [0, 0.1) is 0 Å². The molecule has 0 aliphatic carbocycles. The van der Waals surface area contributed by atoms with Gasteiger partial charge >= 0.3 is 6.18 Å². The van der Waals surface area contributed by atoms with Gasteiger partial charge < -0.3 is 10.8 Å². The van der Waals surface area contributed by atoms with Crippen molar-refractivity contribution in [3.05, 3.63) is 35.4 Å². The lowest BCUT2D eigenvalue weighted by Gasteiger charge is -2.11. The van der Waals surface area contributed by atoms with Gasteiger partial charge in [-0.15, -0.1) is 0 Å². The van der Waals surface area contributed by atoms with Crippen LogP contribution in [0.2, 0.25) is 0 Å². The van der Waals surface area contributed by atoms with Gasteiger partial charge in [0.1, 0.15) is 0 Å². The predicted molar refractivity (Wildman–Crippen MR) is 50.1 cm³/mol. The minimum absolute atomic E-state index is 0.294. The average Bonchev–Trinajstić information content (AvgIpc) is 2.17. The lowest BCUT2D eigenvalue weighted by molar-refractivity contribution is -0.137. The Morgan fingerprint density at radius 1 is 1.20 bits per heavy atom. The largest absolute Gasteiger partial charge is 0.416 e. The summed E-state index contributed by atoms with van der Waals surface area (Å²) in [6.07, 6.45) is -4.79. The molecule has 0 bridgehead atoms. The Morgan fingerprint density at radius 3 is 2.13 bits per heavy atom. The molecule has 0 spiro atoms. The van der Waals surface area contributed by atoms with E-state index in [1.165, 1.54) is 12.1 Å². The molecule has 1 atom stereocenters. The van der Waals surface area contributed by atoms with Gasteiger partial charge in [-0.3, -0.25) is 0 Å². The van der Waals surface area contributed by atoms with Crippen molar-refractivity contribution in [3.8, 4) is 0 Å². The van der Waals surface area contributed by atoms with Crippen LogP contribution in [0.1, 0.15) is 23.7 Å². The molecule has 0 saturated carbocycles. The van der Waals surface area contributed by atoms with E-state index < -0.39 is 17.8 Å². The maximum absolute atomic E-state index is 12.2. The van der Waals surface area contributed by atoms with Crippen molar-refractivity contribution in [1.82, 2.24) is 0 Å². The van der Waals surface area contributed by atoms with Gasteiger partial charge in [-0.05, 0) is 30.7 Å². The number of hydrogen-bond donors (Lipinski definition) is 2. The third-order valence-corrected chi connectivity index (χ3v) is 2.06. The Balaban J connectivity index is 2.81. The highest BCUT2D eigenvalue weighted by Crippen LogP contribution is 2.30. The van der Waals surface area contributed by atoms with Crippen molar-refractivity contribution >= 4 is 0 Å². The first-order chi connectivity index (χ1) is 6.95. The van der Waals surface area contributed by atoms with E-state index in [0.717, 1.165) is 12.1 Å². The predicted octanol–water partition coefficient (Wildman–Crippen LogP) is 2.09. The summed E-state index contributed by atoms with van der Waals surface area (Å²) in [7, 11) is 0. The Hall–Kier alpha value is -1.07. The van der Waals surface area contributed by atoms with Gasteiger partial charge in [-0.2, -0.15) is 13.2 Å². The zero-order chi connectivity index (χ0) is 11.5. The van der Waals surface area contributed by atoms with E-state index in [2.05, 4.69) is 0 Å². The van der Waals surface area contributed by atoms with Crippen LogP contribution in [0.4, 0.5) is 13.2 Å². The normalized spacial score (nSPS) is 13.9. The van der Waals surface area contributed by atoms with Gasteiger partial charge in [-0.25, -0.2) is 0 Å². The molecule has 1 rings (SSSR count). The molecule has 0 fully saturated rings. The summed E-state index contributed by atoms with van der Waals surface area (Å²) in [6, 6.07) is 4.44. The maximum atomic E-state index is 12.2. The van der Waals surface area contributed by atoms with Gasteiger partial charge in [-0.1, -0.05) is 12.1 Å². The van der Waals surface area contributed by atoms with Gasteiger partial charge in [0.05, 0.1) is 11.7 Å². The summed E-state index contributed by atoms with van der Waals surface area (Å²) in [4.78, 5) is 0. The third-order valence-electron chi connectivity index (χ3n) is 2.06. The highest BCUT2D eigenvalue weighted by Gasteiger charge is 2.30. The molecule has 0 amide bonds. The van der Waals surface area contributed by atoms with Crippen molar-refractivity contribution in [3.63, 3.8) is 0 Å². The summed E-state index contributed by atoms with van der Waals surface area (Å²) in [5.74, 6) is 0. The van der Waals surface area contributed by atoms with E-state index in [9.17, 15) is 18.3 Å². The molecule has 1 aromatic carbocycles. The number of halogens is 3.